The molecule has 33 heavy (non-hydrogen) atoms. The van der Waals surface area contributed by atoms with Crippen LogP contribution >= 0.6 is 0 Å². The zero-order chi connectivity index (χ0) is 23.0. The highest BCUT2D eigenvalue weighted by Gasteiger charge is 2.25. The lowest BCUT2D eigenvalue weighted by Crippen LogP contribution is -2.51. The second-order valence-electron chi connectivity index (χ2n) is 8.85. The lowest BCUT2D eigenvalue weighted by atomic mass is 9.95. The standard InChI is InChI=1S/C24H33N5O4/c1-32-20-9-7-17(8-10-20)23-27-22(33-28-23)12-11-21(30)25-19-13-15-29(16-14-19)24(31)26-18-5-3-2-4-6-18/h7-10,18-19H,2-6,11-16H2,1H3,(H,25,30)(H,26,31). The number of nitrogens with zero attached hydrogens (tertiary/aromatic N) is 3. The fourth-order valence-corrected chi connectivity index (χ4v) is 4.47. The van der Waals surface area contributed by atoms with Crippen molar-refractivity contribution in [3.63, 3.8) is 0 Å². The zero-order valence-electron chi connectivity index (χ0n) is 19.2. The van der Waals surface area contributed by atoms with Crippen molar-refractivity contribution in [1.29, 1.82) is 0 Å². The van der Waals surface area contributed by atoms with Gasteiger partial charge in [-0.15, -0.1) is 0 Å². The summed E-state index contributed by atoms with van der Waals surface area (Å²) in [5.74, 6) is 1.65. The number of carbonyl (C=O) groups is 2. The molecule has 2 aliphatic rings. The Bertz CT molecular complexity index is 915. The van der Waals surface area contributed by atoms with Gasteiger partial charge in [0.05, 0.1) is 7.11 Å². The van der Waals surface area contributed by atoms with Crippen LogP contribution in [0.2, 0.25) is 0 Å². The molecule has 1 saturated heterocycles. The van der Waals surface area contributed by atoms with E-state index in [0.29, 0.717) is 37.3 Å². The summed E-state index contributed by atoms with van der Waals surface area (Å²) in [6.45, 7) is 1.33. The average molecular weight is 456 g/mol. The van der Waals surface area contributed by atoms with Gasteiger partial charge in [-0.05, 0) is 49.9 Å². The van der Waals surface area contributed by atoms with Crippen LogP contribution in [0.3, 0.4) is 0 Å². The molecular formula is C24H33N5O4. The van der Waals surface area contributed by atoms with Gasteiger partial charge in [-0.2, -0.15) is 4.98 Å². The van der Waals surface area contributed by atoms with Gasteiger partial charge in [0.15, 0.2) is 0 Å². The third kappa shape index (κ3) is 6.46. The molecule has 0 unspecified atom stereocenters. The molecular weight excluding hydrogens is 422 g/mol. The van der Waals surface area contributed by atoms with Crippen molar-refractivity contribution in [2.75, 3.05) is 20.2 Å². The minimum Gasteiger partial charge on any atom is -0.497 e. The first-order chi connectivity index (χ1) is 16.1. The molecule has 1 aromatic carbocycles. The van der Waals surface area contributed by atoms with Crippen molar-refractivity contribution >= 4 is 11.9 Å². The highest BCUT2D eigenvalue weighted by atomic mass is 16.5. The van der Waals surface area contributed by atoms with Crippen molar-refractivity contribution in [3.8, 4) is 17.1 Å². The maximum Gasteiger partial charge on any atom is 0.317 e. The van der Waals surface area contributed by atoms with E-state index < -0.39 is 0 Å². The first kappa shape index (κ1) is 23.1. The number of likely N-dealkylation sites (tertiary alicyclic amines) is 1. The number of nitrogens with one attached hydrogen (secondary N) is 2. The fourth-order valence-electron chi connectivity index (χ4n) is 4.47. The summed E-state index contributed by atoms with van der Waals surface area (Å²) in [7, 11) is 1.62. The minimum absolute atomic E-state index is 0.0377. The number of hydrogen-bond donors (Lipinski definition) is 2. The van der Waals surface area contributed by atoms with Gasteiger partial charge >= 0.3 is 6.03 Å². The molecule has 1 aliphatic carbocycles. The van der Waals surface area contributed by atoms with Crippen LogP contribution in [0.15, 0.2) is 28.8 Å². The Labute approximate surface area is 194 Å². The van der Waals surface area contributed by atoms with Crippen molar-refractivity contribution in [2.45, 2.75) is 69.9 Å². The third-order valence-electron chi connectivity index (χ3n) is 6.46. The van der Waals surface area contributed by atoms with E-state index in [9.17, 15) is 9.59 Å². The molecule has 2 fully saturated rings. The molecule has 3 amide bonds. The van der Waals surface area contributed by atoms with Gasteiger partial charge < -0.3 is 24.8 Å². The predicted molar refractivity (Wildman–Crippen MR) is 123 cm³/mol. The van der Waals surface area contributed by atoms with Gasteiger partial charge in [0.1, 0.15) is 5.75 Å². The monoisotopic (exact) mass is 455 g/mol. The van der Waals surface area contributed by atoms with E-state index in [-0.39, 0.29) is 24.4 Å². The van der Waals surface area contributed by atoms with Gasteiger partial charge in [0, 0.05) is 43.6 Å². The molecule has 178 valence electrons. The van der Waals surface area contributed by atoms with E-state index in [1.807, 2.05) is 29.2 Å². The number of piperidine rings is 1. The zero-order valence-corrected chi connectivity index (χ0v) is 19.2. The number of methoxy groups -OCH3 is 1. The molecule has 2 aromatic rings. The van der Waals surface area contributed by atoms with E-state index in [2.05, 4.69) is 20.8 Å². The summed E-state index contributed by atoms with van der Waals surface area (Å²) < 4.78 is 10.4. The van der Waals surface area contributed by atoms with Crippen LogP contribution in [0.25, 0.3) is 11.4 Å². The van der Waals surface area contributed by atoms with Crippen LogP contribution in [-0.2, 0) is 11.2 Å². The van der Waals surface area contributed by atoms with E-state index in [1.165, 1.54) is 19.3 Å². The normalized spacial score (nSPS) is 17.5. The summed E-state index contributed by atoms with van der Waals surface area (Å²) in [6.07, 6.45) is 8.05. The molecule has 2 heterocycles. The second kappa shape index (κ2) is 11.2. The summed E-state index contributed by atoms with van der Waals surface area (Å²) in [4.78, 5) is 31.1. The number of urea groups is 1. The number of amides is 3. The van der Waals surface area contributed by atoms with Gasteiger partial charge in [-0.25, -0.2) is 4.79 Å². The van der Waals surface area contributed by atoms with Crippen LogP contribution in [-0.4, -0.2) is 59.3 Å². The van der Waals surface area contributed by atoms with Gasteiger partial charge in [0.25, 0.3) is 0 Å². The van der Waals surface area contributed by atoms with E-state index in [1.54, 1.807) is 7.11 Å². The molecule has 4 rings (SSSR count). The Morgan fingerprint density at radius 3 is 2.42 bits per heavy atom. The van der Waals surface area contributed by atoms with E-state index in [0.717, 1.165) is 37.0 Å². The molecule has 2 N–H and O–H groups in total. The molecule has 0 radical (unpaired) electrons. The summed E-state index contributed by atoms with van der Waals surface area (Å²) in [6, 6.07) is 7.85. The van der Waals surface area contributed by atoms with Crippen molar-refractivity contribution in [2.24, 2.45) is 0 Å². The first-order valence-corrected chi connectivity index (χ1v) is 11.9. The number of carbonyl (C=O) groups excluding carboxylic acids is 2. The van der Waals surface area contributed by atoms with Crippen LogP contribution in [0.1, 0.15) is 57.3 Å². The van der Waals surface area contributed by atoms with Gasteiger partial charge in [-0.1, -0.05) is 24.4 Å². The second-order valence-corrected chi connectivity index (χ2v) is 8.85. The topological polar surface area (TPSA) is 110 Å². The molecule has 1 aliphatic heterocycles. The highest BCUT2D eigenvalue weighted by Crippen LogP contribution is 2.20. The smallest absolute Gasteiger partial charge is 0.317 e. The summed E-state index contributed by atoms with van der Waals surface area (Å²) in [5.41, 5.74) is 0.828. The number of ether oxygens (including phenoxy) is 1. The quantitative estimate of drug-likeness (QED) is 0.663. The lowest BCUT2D eigenvalue weighted by Gasteiger charge is -2.34. The number of rotatable bonds is 7. The SMILES string of the molecule is COc1ccc(-c2noc(CCC(=O)NC3CCN(C(=O)NC4CCCCC4)CC3)n2)cc1. The summed E-state index contributed by atoms with van der Waals surface area (Å²) >= 11 is 0. The van der Waals surface area contributed by atoms with Crippen LogP contribution < -0.4 is 15.4 Å². The van der Waals surface area contributed by atoms with Crippen LogP contribution in [0.4, 0.5) is 4.79 Å². The van der Waals surface area contributed by atoms with Crippen molar-refractivity contribution in [3.05, 3.63) is 30.2 Å². The number of aromatic nitrogens is 2. The molecule has 9 nitrogen and oxygen atoms in total. The minimum atomic E-state index is -0.0377. The Balaban J connectivity index is 1.16. The maximum absolute atomic E-state index is 12.5. The van der Waals surface area contributed by atoms with Gasteiger partial charge in [0.2, 0.25) is 17.6 Å². The van der Waals surface area contributed by atoms with Gasteiger partial charge in [-0.3, -0.25) is 4.79 Å². The molecule has 0 spiro atoms. The molecule has 0 bridgehead atoms. The Morgan fingerprint density at radius 1 is 1.03 bits per heavy atom. The van der Waals surface area contributed by atoms with Crippen molar-refractivity contribution < 1.29 is 18.8 Å². The lowest BCUT2D eigenvalue weighted by molar-refractivity contribution is -0.122. The largest absolute Gasteiger partial charge is 0.497 e. The Kier molecular flexibility index (Phi) is 7.80. The Hall–Kier alpha value is -3.10. The van der Waals surface area contributed by atoms with E-state index >= 15 is 0 Å². The Morgan fingerprint density at radius 2 is 1.73 bits per heavy atom. The molecule has 1 saturated carbocycles. The fraction of sp³-hybridized carbons (Fsp3) is 0.583. The predicted octanol–water partition coefficient (Wildman–Crippen LogP) is 3.30. The maximum atomic E-state index is 12.5. The third-order valence-corrected chi connectivity index (χ3v) is 6.46. The van der Waals surface area contributed by atoms with Crippen LogP contribution in [0, 0.1) is 0 Å². The number of hydrogen-bond acceptors (Lipinski definition) is 6. The summed E-state index contributed by atoms with van der Waals surface area (Å²) in [5, 5.41) is 10.3. The first-order valence-electron chi connectivity index (χ1n) is 11.9. The number of aryl methyl sites for hydroxylation is 1. The average Bonchev–Trinajstić information content (AvgIpc) is 3.33. The van der Waals surface area contributed by atoms with E-state index in [4.69, 9.17) is 9.26 Å². The number of benzene rings is 1. The molecule has 0 atom stereocenters. The molecule has 9 heteroatoms. The highest BCUT2D eigenvalue weighted by molar-refractivity contribution is 5.77. The van der Waals surface area contributed by atoms with Crippen LogP contribution in [0.5, 0.6) is 5.75 Å². The van der Waals surface area contributed by atoms with Crippen molar-refractivity contribution in [1.82, 2.24) is 25.7 Å². The molecule has 1 aromatic heterocycles.